The molecule has 2 heterocycles. The zero-order valence-electron chi connectivity index (χ0n) is 11.0. The van der Waals surface area contributed by atoms with Crippen LogP contribution in [0.15, 0.2) is 53.5 Å². The standard InChI is InChI=1S/C15H12N2O2S2/c18-15(17-13-8-16-10-21-13)14-12(6-7-20-14)19-9-11-4-2-1-3-5-11/h1-8,10H,9H2,(H,17,18). The van der Waals surface area contributed by atoms with E-state index in [0.717, 1.165) is 10.6 Å². The first-order valence-corrected chi connectivity index (χ1v) is 8.03. The van der Waals surface area contributed by atoms with Gasteiger partial charge in [-0.15, -0.1) is 22.7 Å². The molecule has 0 atom stereocenters. The molecule has 1 N–H and O–H groups in total. The molecule has 0 spiro atoms. The molecule has 6 heteroatoms. The number of nitrogens with one attached hydrogen (secondary N) is 1. The molecule has 0 fully saturated rings. The van der Waals surface area contributed by atoms with Crippen LogP contribution >= 0.6 is 22.7 Å². The fourth-order valence-corrected chi connectivity index (χ4v) is 3.00. The molecule has 0 saturated carbocycles. The first-order chi connectivity index (χ1) is 10.3. The molecule has 3 aromatic rings. The van der Waals surface area contributed by atoms with Gasteiger partial charge < -0.3 is 10.1 Å². The zero-order chi connectivity index (χ0) is 14.5. The summed E-state index contributed by atoms with van der Waals surface area (Å²) in [6.45, 7) is 0.443. The number of hydrogen-bond acceptors (Lipinski definition) is 5. The van der Waals surface area contributed by atoms with E-state index in [1.165, 1.54) is 22.7 Å². The first kappa shape index (κ1) is 13.8. The van der Waals surface area contributed by atoms with Gasteiger partial charge in [-0.1, -0.05) is 30.3 Å². The summed E-state index contributed by atoms with van der Waals surface area (Å²) in [5.41, 5.74) is 2.74. The highest BCUT2D eigenvalue weighted by Crippen LogP contribution is 2.27. The topological polar surface area (TPSA) is 51.2 Å². The number of thiophene rings is 1. The predicted octanol–water partition coefficient (Wildman–Crippen LogP) is 4.04. The zero-order valence-corrected chi connectivity index (χ0v) is 12.6. The molecule has 0 bridgehead atoms. The second-order valence-electron chi connectivity index (χ2n) is 4.21. The van der Waals surface area contributed by atoms with Crippen molar-refractivity contribution in [1.82, 2.24) is 4.98 Å². The van der Waals surface area contributed by atoms with Crippen molar-refractivity contribution in [1.29, 1.82) is 0 Å². The smallest absolute Gasteiger partial charge is 0.270 e. The number of carbonyl (C=O) groups is 1. The predicted molar refractivity (Wildman–Crippen MR) is 85.2 cm³/mol. The van der Waals surface area contributed by atoms with Crippen LogP contribution in [0.3, 0.4) is 0 Å². The van der Waals surface area contributed by atoms with Crippen molar-refractivity contribution in [3.05, 3.63) is 63.9 Å². The molecule has 0 unspecified atom stereocenters. The van der Waals surface area contributed by atoms with Crippen molar-refractivity contribution in [2.45, 2.75) is 6.61 Å². The van der Waals surface area contributed by atoms with Gasteiger partial charge in [-0.25, -0.2) is 0 Å². The van der Waals surface area contributed by atoms with Gasteiger partial charge in [0.1, 0.15) is 22.2 Å². The summed E-state index contributed by atoms with van der Waals surface area (Å²) in [6, 6.07) is 11.7. The number of thiazole rings is 1. The summed E-state index contributed by atoms with van der Waals surface area (Å²) >= 11 is 2.75. The molecule has 0 radical (unpaired) electrons. The van der Waals surface area contributed by atoms with Gasteiger partial charge in [-0.05, 0) is 17.0 Å². The molecule has 0 aliphatic carbocycles. The van der Waals surface area contributed by atoms with Gasteiger partial charge in [0.05, 0.1) is 11.7 Å². The van der Waals surface area contributed by atoms with Crippen LogP contribution < -0.4 is 10.1 Å². The Morgan fingerprint density at radius 3 is 2.81 bits per heavy atom. The molecular formula is C15H12N2O2S2. The number of rotatable bonds is 5. The summed E-state index contributed by atoms with van der Waals surface area (Å²) in [6.07, 6.45) is 1.63. The maximum absolute atomic E-state index is 12.2. The molecule has 1 amide bonds. The van der Waals surface area contributed by atoms with Gasteiger partial charge in [0.2, 0.25) is 0 Å². The van der Waals surface area contributed by atoms with Crippen molar-refractivity contribution < 1.29 is 9.53 Å². The molecule has 0 aliphatic heterocycles. The molecule has 21 heavy (non-hydrogen) atoms. The summed E-state index contributed by atoms with van der Waals surface area (Å²) in [5.74, 6) is 0.434. The normalized spacial score (nSPS) is 10.3. The van der Waals surface area contributed by atoms with E-state index in [1.807, 2.05) is 41.8 Å². The van der Waals surface area contributed by atoms with Crippen LogP contribution in [0.1, 0.15) is 15.2 Å². The van der Waals surface area contributed by atoms with E-state index in [0.29, 0.717) is 17.2 Å². The van der Waals surface area contributed by atoms with E-state index >= 15 is 0 Å². The average Bonchev–Trinajstić information content (AvgIpc) is 3.17. The van der Waals surface area contributed by atoms with Crippen LogP contribution in [0.2, 0.25) is 0 Å². The van der Waals surface area contributed by atoms with Crippen LogP contribution in [0.4, 0.5) is 5.00 Å². The highest BCUT2D eigenvalue weighted by atomic mass is 32.1. The minimum absolute atomic E-state index is 0.169. The van der Waals surface area contributed by atoms with E-state index in [4.69, 9.17) is 4.74 Å². The third-order valence-electron chi connectivity index (χ3n) is 2.74. The van der Waals surface area contributed by atoms with Gasteiger partial charge in [0.15, 0.2) is 0 Å². The second-order valence-corrected chi connectivity index (χ2v) is 6.01. The van der Waals surface area contributed by atoms with Crippen LogP contribution in [0, 0.1) is 0 Å². The minimum atomic E-state index is -0.169. The molecule has 1 aromatic carbocycles. The van der Waals surface area contributed by atoms with Crippen LogP contribution in [0.25, 0.3) is 0 Å². The molecule has 106 valence electrons. The third kappa shape index (κ3) is 3.48. The average molecular weight is 316 g/mol. The molecule has 0 saturated heterocycles. The molecule has 4 nitrogen and oxygen atoms in total. The number of carbonyl (C=O) groups excluding carboxylic acids is 1. The summed E-state index contributed by atoms with van der Waals surface area (Å²) in [4.78, 5) is 16.7. The molecule has 0 aliphatic rings. The number of aromatic nitrogens is 1. The Hall–Kier alpha value is -2.18. The van der Waals surface area contributed by atoms with E-state index in [9.17, 15) is 4.79 Å². The number of anilines is 1. The number of benzene rings is 1. The van der Waals surface area contributed by atoms with Crippen molar-refractivity contribution in [3.8, 4) is 5.75 Å². The lowest BCUT2D eigenvalue weighted by Gasteiger charge is -2.07. The Bertz CT molecular complexity index is 708. The SMILES string of the molecule is O=C(Nc1cncs1)c1sccc1OCc1ccccc1. The summed E-state index contributed by atoms with van der Waals surface area (Å²) in [5, 5.41) is 5.38. The van der Waals surface area contributed by atoms with Crippen LogP contribution in [0.5, 0.6) is 5.75 Å². The quantitative estimate of drug-likeness (QED) is 0.773. The van der Waals surface area contributed by atoms with E-state index in [2.05, 4.69) is 10.3 Å². The Labute approximate surface area is 130 Å². The monoisotopic (exact) mass is 316 g/mol. The van der Waals surface area contributed by atoms with Gasteiger partial charge in [0.25, 0.3) is 5.91 Å². The van der Waals surface area contributed by atoms with Gasteiger partial charge in [0, 0.05) is 0 Å². The van der Waals surface area contributed by atoms with Crippen LogP contribution in [-0.2, 0) is 6.61 Å². The lowest BCUT2D eigenvalue weighted by molar-refractivity contribution is 0.102. The maximum Gasteiger partial charge on any atom is 0.270 e. The van der Waals surface area contributed by atoms with E-state index < -0.39 is 0 Å². The van der Waals surface area contributed by atoms with E-state index in [-0.39, 0.29) is 5.91 Å². The number of nitrogens with zero attached hydrogens (tertiary/aromatic N) is 1. The number of hydrogen-bond donors (Lipinski definition) is 1. The summed E-state index contributed by atoms with van der Waals surface area (Å²) in [7, 11) is 0. The lowest BCUT2D eigenvalue weighted by atomic mass is 10.2. The number of amides is 1. The Kier molecular flexibility index (Phi) is 4.28. The Morgan fingerprint density at radius 2 is 2.05 bits per heavy atom. The number of ether oxygens (including phenoxy) is 1. The molecule has 2 aromatic heterocycles. The van der Waals surface area contributed by atoms with Gasteiger partial charge >= 0.3 is 0 Å². The maximum atomic E-state index is 12.2. The first-order valence-electron chi connectivity index (χ1n) is 6.27. The van der Waals surface area contributed by atoms with Gasteiger partial charge in [-0.3, -0.25) is 9.78 Å². The second kappa shape index (κ2) is 6.51. The van der Waals surface area contributed by atoms with Crippen molar-refractivity contribution in [2.75, 3.05) is 5.32 Å². The van der Waals surface area contributed by atoms with E-state index in [1.54, 1.807) is 11.7 Å². The fourth-order valence-electron chi connectivity index (χ4n) is 1.76. The van der Waals surface area contributed by atoms with Crippen molar-refractivity contribution in [3.63, 3.8) is 0 Å². The Morgan fingerprint density at radius 1 is 1.19 bits per heavy atom. The minimum Gasteiger partial charge on any atom is -0.487 e. The van der Waals surface area contributed by atoms with Crippen LogP contribution in [-0.4, -0.2) is 10.9 Å². The molecular weight excluding hydrogens is 304 g/mol. The largest absolute Gasteiger partial charge is 0.487 e. The molecule has 3 rings (SSSR count). The summed E-state index contributed by atoms with van der Waals surface area (Å²) < 4.78 is 5.74. The van der Waals surface area contributed by atoms with Gasteiger partial charge in [-0.2, -0.15) is 0 Å². The highest BCUT2D eigenvalue weighted by molar-refractivity contribution is 7.14. The Balaban J connectivity index is 1.67. The van der Waals surface area contributed by atoms with Crippen molar-refractivity contribution in [2.24, 2.45) is 0 Å². The highest BCUT2D eigenvalue weighted by Gasteiger charge is 2.15. The lowest BCUT2D eigenvalue weighted by Crippen LogP contribution is -2.10. The third-order valence-corrected chi connectivity index (χ3v) is 4.32. The van der Waals surface area contributed by atoms with Crippen molar-refractivity contribution >= 4 is 33.6 Å². The fraction of sp³-hybridized carbons (Fsp3) is 0.0667.